The van der Waals surface area contributed by atoms with Gasteiger partial charge in [-0.05, 0) is 60.3 Å². The Balaban J connectivity index is 1.23. The highest BCUT2D eigenvalue weighted by molar-refractivity contribution is 7.99. The maximum atomic E-state index is 12.6. The second kappa shape index (κ2) is 9.92. The molecule has 1 N–H and O–H groups in total. The molecule has 170 valence electrons. The summed E-state index contributed by atoms with van der Waals surface area (Å²) in [4.78, 5) is 18.3. The fourth-order valence-electron chi connectivity index (χ4n) is 3.46. The summed E-state index contributed by atoms with van der Waals surface area (Å²) >= 11 is 4.64. The van der Waals surface area contributed by atoms with Crippen LogP contribution in [0.1, 0.15) is 5.56 Å². The highest BCUT2D eigenvalue weighted by atomic mass is 32.2. The van der Waals surface area contributed by atoms with E-state index >= 15 is 0 Å². The second-order valence-corrected chi connectivity index (χ2v) is 10.5. The van der Waals surface area contributed by atoms with Crippen molar-refractivity contribution >= 4 is 56.2 Å². The zero-order valence-corrected chi connectivity index (χ0v) is 20.8. The third-order valence-corrected chi connectivity index (χ3v) is 7.96. The van der Waals surface area contributed by atoms with Crippen molar-refractivity contribution in [3.8, 4) is 21.3 Å². The molecule has 0 atom stereocenters. The van der Waals surface area contributed by atoms with Crippen LogP contribution in [0.3, 0.4) is 0 Å². The lowest BCUT2D eigenvalue weighted by Gasteiger charge is -2.08. The minimum Gasteiger partial charge on any atom is -0.325 e. The van der Waals surface area contributed by atoms with Crippen molar-refractivity contribution in [2.45, 2.75) is 18.6 Å². The Bertz CT molecular complexity index is 1450. The molecule has 0 aliphatic heterocycles. The third-order valence-electron chi connectivity index (χ3n) is 5.06. The first-order valence-corrected chi connectivity index (χ1v) is 13.3. The first-order chi connectivity index (χ1) is 16.6. The van der Waals surface area contributed by atoms with E-state index in [-0.39, 0.29) is 11.7 Å². The topological polar surface area (TPSA) is 72.7 Å². The fraction of sp³-hybridized carbons (Fsp3) is 0.120. The second-order valence-electron chi connectivity index (χ2n) is 7.59. The first-order valence-electron chi connectivity index (χ1n) is 10.6. The number of hydrogen-bond donors (Lipinski definition) is 1. The number of nitrogens with zero attached hydrogens (tertiary/aromatic N) is 4. The summed E-state index contributed by atoms with van der Waals surface area (Å²) in [5.41, 5.74) is 4.01. The van der Waals surface area contributed by atoms with Gasteiger partial charge in [-0.2, -0.15) is 0 Å². The molecule has 5 rings (SSSR count). The van der Waals surface area contributed by atoms with Crippen LogP contribution in [-0.2, 0) is 11.3 Å². The molecule has 0 fully saturated rings. The van der Waals surface area contributed by atoms with Crippen molar-refractivity contribution < 1.29 is 4.79 Å². The molecule has 3 aromatic heterocycles. The summed E-state index contributed by atoms with van der Waals surface area (Å²) in [6, 6.07) is 18.1. The number of thiophene rings is 1. The lowest BCUT2D eigenvalue weighted by Crippen LogP contribution is -2.14. The van der Waals surface area contributed by atoms with Crippen molar-refractivity contribution in [3.63, 3.8) is 0 Å². The van der Waals surface area contributed by atoms with E-state index in [0.29, 0.717) is 11.7 Å². The van der Waals surface area contributed by atoms with Crippen LogP contribution in [0.5, 0.6) is 0 Å². The van der Waals surface area contributed by atoms with Gasteiger partial charge in [0.05, 0.1) is 20.8 Å². The van der Waals surface area contributed by atoms with E-state index in [1.54, 1.807) is 28.7 Å². The van der Waals surface area contributed by atoms with Gasteiger partial charge >= 0.3 is 0 Å². The van der Waals surface area contributed by atoms with Gasteiger partial charge in [-0.15, -0.1) is 39.4 Å². The molecule has 34 heavy (non-hydrogen) atoms. The zero-order chi connectivity index (χ0) is 23.5. The number of rotatable bonds is 8. The number of aromatic nitrogens is 4. The largest absolute Gasteiger partial charge is 0.325 e. The Morgan fingerprint density at radius 2 is 2.03 bits per heavy atom. The molecule has 0 spiro atoms. The van der Waals surface area contributed by atoms with Crippen LogP contribution in [0.4, 0.5) is 5.69 Å². The number of fused-ring (bicyclic) bond motifs is 1. The Labute approximate surface area is 209 Å². The minimum absolute atomic E-state index is 0.0981. The maximum Gasteiger partial charge on any atom is 0.234 e. The molecule has 6 nitrogen and oxygen atoms in total. The average molecular weight is 504 g/mol. The number of allylic oxidation sites excluding steroid dienone is 1. The van der Waals surface area contributed by atoms with Crippen molar-refractivity contribution in [1.82, 2.24) is 19.7 Å². The van der Waals surface area contributed by atoms with Crippen LogP contribution in [0.2, 0.25) is 0 Å². The number of thioether (sulfide) groups is 1. The lowest BCUT2D eigenvalue weighted by atomic mass is 10.2. The third kappa shape index (κ3) is 4.82. The number of anilines is 1. The van der Waals surface area contributed by atoms with E-state index in [4.69, 9.17) is 4.98 Å². The van der Waals surface area contributed by atoms with Gasteiger partial charge < -0.3 is 5.32 Å². The highest BCUT2D eigenvalue weighted by Crippen LogP contribution is 2.31. The molecule has 0 unspecified atom stereocenters. The van der Waals surface area contributed by atoms with Gasteiger partial charge in [-0.3, -0.25) is 9.36 Å². The number of benzene rings is 2. The summed E-state index contributed by atoms with van der Waals surface area (Å²) in [5, 5.41) is 15.2. The van der Waals surface area contributed by atoms with Crippen LogP contribution in [0, 0.1) is 6.92 Å². The number of thiazole rings is 1. The fourth-order valence-corrected chi connectivity index (χ4v) is 5.99. The van der Waals surface area contributed by atoms with E-state index in [2.05, 4.69) is 47.2 Å². The number of carbonyl (C=O) groups is 1. The molecule has 0 saturated heterocycles. The zero-order valence-electron chi connectivity index (χ0n) is 18.4. The van der Waals surface area contributed by atoms with Crippen LogP contribution in [-0.4, -0.2) is 31.4 Å². The van der Waals surface area contributed by atoms with Gasteiger partial charge in [0.1, 0.15) is 5.01 Å². The van der Waals surface area contributed by atoms with Crippen molar-refractivity contribution in [1.29, 1.82) is 0 Å². The molecule has 0 aliphatic carbocycles. The van der Waals surface area contributed by atoms with E-state index in [1.807, 2.05) is 46.3 Å². The van der Waals surface area contributed by atoms with Gasteiger partial charge in [0, 0.05) is 17.8 Å². The average Bonchev–Trinajstić information content (AvgIpc) is 3.58. The van der Waals surface area contributed by atoms with Crippen molar-refractivity contribution in [2.24, 2.45) is 0 Å². The van der Waals surface area contributed by atoms with Crippen molar-refractivity contribution in [2.75, 3.05) is 11.1 Å². The molecular weight excluding hydrogens is 483 g/mol. The lowest BCUT2D eigenvalue weighted by molar-refractivity contribution is -0.113. The van der Waals surface area contributed by atoms with E-state index < -0.39 is 0 Å². The molecule has 0 bridgehead atoms. The maximum absolute atomic E-state index is 12.6. The molecule has 0 radical (unpaired) electrons. The summed E-state index contributed by atoms with van der Waals surface area (Å²) in [5.74, 6) is 0.927. The van der Waals surface area contributed by atoms with Crippen LogP contribution >= 0.6 is 34.4 Å². The van der Waals surface area contributed by atoms with Gasteiger partial charge in [0.2, 0.25) is 5.91 Å². The Morgan fingerprint density at radius 1 is 1.18 bits per heavy atom. The van der Waals surface area contributed by atoms with Gasteiger partial charge in [0.15, 0.2) is 11.0 Å². The Hall–Kier alpha value is -3.27. The summed E-state index contributed by atoms with van der Waals surface area (Å²) < 4.78 is 3.15. The summed E-state index contributed by atoms with van der Waals surface area (Å²) in [6.45, 7) is 6.49. The SMILES string of the molecule is C=CCn1c(SCC(=O)Nc2ccc(-c3nc4ccc(C)cc4s3)cc2)nnc1-c1cccs1. The van der Waals surface area contributed by atoms with Crippen LogP contribution < -0.4 is 5.32 Å². The Morgan fingerprint density at radius 3 is 2.79 bits per heavy atom. The first kappa shape index (κ1) is 22.5. The summed E-state index contributed by atoms with van der Waals surface area (Å²) in [7, 11) is 0. The quantitative estimate of drug-likeness (QED) is 0.193. The van der Waals surface area contributed by atoms with E-state index in [0.717, 1.165) is 32.5 Å². The van der Waals surface area contributed by atoms with Crippen LogP contribution in [0.25, 0.3) is 31.5 Å². The van der Waals surface area contributed by atoms with Crippen molar-refractivity contribution in [3.05, 3.63) is 78.2 Å². The summed E-state index contributed by atoms with van der Waals surface area (Å²) in [6.07, 6.45) is 1.80. The molecule has 0 saturated carbocycles. The predicted molar refractivity (Wildman–Crippen MR) is 143 cm³/mol. The molecule has 9 heteroatoms. The molecule has 5 aromatic rings. The number of aryl methyl sites for hydroxylation is 1. The normalized spacial score (nSPS) is 11.1. The number of amides is 1. The van der Waals surface area contributed by atoms with E-state index in [1.165, 1.54) is 22.0 Å². The highest BCUT2D eigenvalue weighted by Gasteiger charge is 2.16. The smallest absolute Gasteiger partial charge is 0.234 e. The minimum atomic E-state index is -0.0981. The number of hydrogen-bond acceptors (Lipinski definition) is 7. The molecule has 0 aliphatic rings. The Kier molecular flexibility index (Phi) is 6.57. The standard InChI is InChI=1S/C25H21N5OS3/c1-3-12-30-23(20-5-4-13-32-20)28-29-25(30)33-15-22(31)26-18-9-7-17(8-10-18)24-27-19-11-6-16(2)14-21(19)34-24/h3-11,13-14H,1,12,15H2,2H3,(H,26,31). The van der Waals surface area contributed by atoms with Gasteiger partial charge in [-0.25, -0.2) is 4.98 Å². The molecule has 3 heterocycles. The molecular formula is C25H21N5OS3. The predicted octanol–water partition coefficient (Wildman–Crippen LogP) is 6.51. The number of nitrogens with one attached hydrogen (secondary N) is 1. The molecule has 1 amide bonds. The molecule has 2 aromatic carbocycles. The number of carbonyl (C=O) groups excluding carboxylic acids is 1. The van der Waals surface area contributed by atoms with Gasteiger partial charge in [-0.1, -0.05) is 30.0 Å². The monoisotopic (exact) mass is 503 g/mol. The van der Waals surface area contributed by atoms with E-state index in [9.17, 15) is 4.79 Å². The van der Waals surface area contributed by atoms with Crippen LogP contribution in [0.15, 0.2) is 77.8 Å². The van der Waals surface area contributed by atoms with Gasteiger partial charge in [0.25, 0.3) is 0 Å².